The molecule has 2 nitrogen and oxygen atoms in total. The molecule has 0 bridgehead atoms. The zero-order valence-electron chi connectivity index (χ0n) is 11.1. The van der Waals surface area contributed by atoms with Crippen molar-refractivity contribution in [3.8, 4) is 5.75 Å². The summed E-state index contributed by atoms with van der Waals surface area (Å²) in [6.45, 7) is 1.56. The Hall–Kier alpha value is -1.65. The predicted molar refractivity (Wildman–Crippen MR) is 75.1 cm³/mol. The topological polar surface area (TPSA) is 35.2 Å². The summed E-state index contributed by atoms with van der Waals surface area (Å²) in [6, 6.07) is 6.44. The van der Waals surface area contributed by atoms with Gasteiger partial charge in [0.15, 0.2) is 0 Å². The molecule has 2 N–H and O–H groups in total. The Bertz CT molecular complexity index is 646. The van der Waals surface area contributed by atoms with E-state index in [0.29, 0.717) is 21.9 Å². The summed E-state index contributed by atoms with van der Waals surface area (Å²) >= 11 is 5.92. The van der Waals surface area contributed by atoms with Crippen LogP contribution in [0.2, 0.25) is 5.02 Å². The van der Waals surface area contributed by atoms with E-state index < -0.39 is 17.7 Å². The number of hydrogen-bond acceptors (Lipinski definition) is 2. The van der Waals surface area contributed by atoms with Gasteiger partial charge in [-0.3, -0.25) is 0 Å². The van der Waals surface area contributed by atoms with Crippen LogP contribution in [0.4, 0.5) is 8.78 Å². The van der Waals surface area contributed by atoms with Gasteiger partial charge in [0, 0.05) is 5.56 Å². The van der Waals surface area contributed by atoms with Crippen molar-refractivity contribution in [2.75, 3.05) is 7.11 Å². The summed E-state index contributed by atoms with van der Waals surface area (Å²) in [5.74, 6) is -0.894. The first-order valence-corrected chi connectivity index (χ1v) is 6.37. The van der Waals surface area contributed by atoms with E-state index >= 15 is 0 Å². The number of hydrogen-bond donors (Lipinski definition) is 1. The molecule has 1 unspecified atom stereocenters. The molecule has 5 heteroatoms. The van der Waals surface area contributed by atoms with Gasteiger partial charge in [0.05, 0.1) is 18.2 Å². The van der Waals surface area contributed by atoms with Crippen LogP contribution in [0.3, 0.4) is 0 Å². The summed E-state index contributed by atoms with van der Waals surface area (Å²) < 4.78 is 33.0. The quantitative estimate of drug-likeness (QED) is 0.930. The molecule has 106 valence electrons. The fourth-order valence-corrected chi connectivity index (χ4v) is 2.19. The average molecular weight is 298 g/mol. The fraction of sp³-hybridized carbons (Fsp3) is 0.200. The first kappa shape index (κ1) is 14.8. The van der Waals surface area contributed by atoms with E-state index in [0.717, 1.165) is 0 Å². The fourth-order valence-electron chi connectivity index (χ4n) is 2.00. The maximum Gasteiger partial charge on any atom is 0.137 e. The van der Waals surface area contributed by atoms with Gasteiger partial charge in [-0.25, -0.2) is 8.78 Å². The number of nitrogens with two attached hydrogens (primary N) is 1. The van der Waals surface area contributed by atoms with Crippen molar-refractivity contribution < 1.29 is 13.5 Å². The first-order valence-electron chi connectivity index (χ1n) is 5.99. The van der Waals surface area contributed by atoms with E-state index in [-0.39, 0.29) is 5.56 Å². The standard InChI is InChI=1S/C15H14ClF2NO/c1-8-3-6-11(17)13(14(8)18)15(19)9-4-5-10(16)12(7-9)20-2/h3-7,15H,19H2,1-2H3. The molecule has 0 radical (unpaired) electrons. The number of aryl methyl sites for hydroxylation is 1. The largest absolute Gasteiger partial charge is 0.495 e. The monoisotopic (exact) mass is 297 g/mol. The third kappa shape index (κ3) is 2.62. The Kier molecular flexibility index (Phi) is 4.26. The number of benzene rings is 2. The Morgan fingerprint density at radius 1 is 1.20 bits per heavy atom. The minimum absolute atomic E-state index is 0.158. The van der Waals surface area contributed by atoms with Crippen LogP contribution in [0.1, 0.15) is 22.7 Å². The number of ether oxygens (including phenoxy) is 1. The zero-order chi connectivity index (χ0) is 14.9. The third-order valence-corrected chi connectivity index (χ3v) is 3.48. The van der Waals surface area contributed by atoms with Crippen LogP contribution in [0, 0.1) is 18.6 Å². The summed E-state index contributed by atoms with van der Waals surface area (Å²) in [5.41, 5.74) is 6.69. The lowest BCUT2D eigenvalue weighted by molar-refractivity contribution is 0.414. The van der Waals surface area contributed by atoms with Crippen molar-refractivity contribution in [3.63, 3.8) is 0 Å². The highest BCUT2D eigenvalue weighted by Crippen LogP contribution is 2.31. The van der Waals surface area contributed by atoms with Crippen molar-refractivity contribution in [2.45, 2.75) is 13.0 Å². The summed E-state index contributed by atoms with van der Waals surface area (Å²) in [4.78, 5) is 0. The van der Waals surface area contributed by atoms with Gasteiger partial charge < -0.3 is 10.5 Å². The molecule has 2 aromatic carbocycles. The van der Waals surface area contributed by atoms with Gasteiger partial charge in [0.2, 0.25) is 0 Å². The van der Waals surface area contributed by atoms with Crippen LogP contribution in [0.25, 0.3) is 0 Å². The second-order valence-electron chi connectivity index (χ2n) is 4.46. The van der Waals surface area contributed by atoms with Gasteiger partial charge in [-0.1, -0.05) is 23.7 Å². The highest BCUT2D eigenvalue weighted by Gasteiger charge is 2.20. The SMILES string of the molecule is COc1cc(C(N)c2c(F)ccc(C)c2F)ccc1Cl. The molecule has 0 heterocycles. The van der Waals surface area contributed by atoms with Crippen LogP contribution in [-0.4, -0.2) is 7.11 Å². The Morgan fingerprint density at radius 2 is 1.90 bits per heavy atom. The number of methoxy groups -OCH3 is 1. The van der Waals surface area contributed by atoms with Gasteiger partial charge in [-0.15, -0.1) is 0 Å². The average Bonchev–Trinajstić information content (AvgIpc) is 2.43. The molecule has 0 aliphatic carbocycles. The van der Waals surface area contributed by atoms with E-state index in [1.807, 2.05) is 0 Å². The van der Waals surface area contributed by atoms with E-state index in [1.165, 1.54) is 19.2 Å². The molecule has 0 fully saturated rings. The van der Waals surface area contributed by atoms with Crippen LogP contribution in [0.5, 0.6) is 5.75 Å². The smallest absolute Gasteiger partial charge is 0.137 e. The Morgan fingerprint density at radius 3 is 2.55 bits per heavy atom. The second kappa shape index (κ2) is 5.77. The van der Waals surface area contributed by atoms with Crippen molar-refractivity contribution >= 4 is 11.6 Å². The molecule has 0 saturated heterocycles. The van der Waals surface area contributed by atoms with Gasteiger partial charge in [-0.2, -0.15) is 0 Å². The maximum absolute atomic E-state index is 14.1. The lowest BCUT2D eigenvalue weighted by Crippen LogP contribution is -2.16. The van der Waals surface area contributed by atoms with Crippen molar-refractivity contribution in [1.29, 1.82) is 0 Å². The van der Waals surface area contributed by atoms with Crippen LogP contribution < -0.4 is 10.5 Å². The van der Waals surface area contributed by atoms with E-state index in [2.05, 4.69) is 0 Å². The number of halogens is 3. The maximum atomic E-state index is 14.1. The molecule has 0 aliphatic heterocycles. The molecule has 2 rings (SSSR count). The van der Waals surface area contributed by atoms with Crippen molar-refractivity contribution in [2.24, 2.45) is 5.73 Å². The summed E-state index contributed by atoms with van der Waals surface area (Å²) in [6.07, 6.45) is 0. The second-order valence-corrected chi connectivity index (χ2v) is 4.87. The summed E-state index contributed by atoms with van der Waals surface area (Å²) in [7, 11) is 1.46. The van der Waals surface area contributed by atoms with Crippen molar-refractivity contribution in [1.82, 2.24) is 0 Å². The molecule has 0 aliphatic rings. The molecule has 0 aromatic heterocycles. The Labute approximate surface area is 121 Å². The van der Waals surface area contributed by atoms with Crippen LogP contribution in [0.15, 0.2) is 30.3 Å². The van der Waals surface area contributed by atoms with Gasteiger partial charge in [-0.05, 0) is 36.2 Å². The highest BCUT2D eigenvalue weighted by atomic mass is 35.5. The van der Waals surface area contributed by atoms with Crippen LogP contribution >= 0.6 is 11.6 Å². The Balaban J connectivity index is 2.51. The van der Waals surface area contributed by atoms with Gasteiger partial charge >= 0.3 is 0 Å². The molecule has 0 saturated carbocycles. The lowest BCUT2D eigenvalue weighted by Gasteiger charge is -2.16. The molecule has 1 atom stereocenters. The molecule has 0 spiro atoms. The van der Waals surface area contributed by atoms with E-state index in [1.54, 1.807) is 25.1 Å². The third-order valence-electron chi connectivity index (χ3n) is 3.16. The number of rotatable bonds is 3. The van der Waals surface area contributed by atoms with Crippen molar-refractivity contribution in [3.05, 3.63) is 63.7 Å². The van der Waals surface area contributed by atoms with Crippen LogP contribution in [-0.2, 0) is 0 Å². The van der Waals surface area contributed by atoms with Gasteiger partial charge in [0.1, 0.15) is 17.4 Å². The molecule has 2 aromatic rings. The molecular weight excluding hydrogens is 284 g/mol. The lowest BCUT2D eigenvalue weighted by atomic mass is 9.96. The van der Waals surface area contributed by atoms with E-state index in [9.17, 15) is 8.78 Å². The minimum atomic E-state index is -0.930. The van der Waals surface area contributed by atoms with Gasteiger partial charge in [0.25, 0.3) is 0 Å². The van der Waals surface area contributed by atoms with E-state index in [4.69, 9.17) is 22.1 Å². The zero-order valence-corrected chi connectivity index (χ0v) is 11.8. The molecular formula is C15H14ClF2NO. The minimum Gasteiger partial charge on any atom is -0.495 e. The molecule has 20 heavy (non-hydrogen) atoms. The summed E-state index contributed by atoms with van der Waals surface area (Å²) in [5, 5.41) is 0.411. The highest BCUT2D eigenvalue weighted by molar-refractivity contribution is 6.32. The first-order chi connectivity index (χ1) is 9.45. The normalized spacial score (nSPS) is 12.3. The predicted octanol–water partition coefficient (Wildman–Crippen LogP) is 3.98. The molecule has 0 amide bonds.